The van der Waals surface area contributed by atoms with E-state index >= 15 is 0 Å². The molecule has 1 atom stereocenters. The summed E-state index contributed by atoms with van der Waals surface area (Å²) >= 11 is 1.45. The van der Waals surface area contributed by atoms with Gasteiger partial charge in [-0.05, 0) is 42.2 Å². The highest BCUT2D eigenvalue weighted by molar-refractivity contribution is 7.99. The second-order valence-electron chi connectivity index (χ2n) is 8.26. The third-order valence-electron chi connectivity index (χ3n) is 6.01. The number of carbonyl (C=O) groups is 1. The van der Waals surface area contributed by atoms with Crippen LogP contribution >= 0.6 is 11.8 Å². The molecule has 5 nitrogen and oxygen atoms in total. The van der Waals surface area contributed by atoms with E-state index in [-0.39, 0.29) is 11.9 Å². The van der Waals surface area contributed by atoms with Crippen LogP contribution in [-0.2, 0) is 11.3 Å². The first-order valence-corrected chi connectivity index (χ1v) is 12.1. The van der Waals surface area contributed by atoms with Gasteiger partial charge in [0.25, 0.3) is 0 Å². The number of hydrogen-bond acceptors (Lipinski definition) is 4. The zero-order valence-electron chi connectivity index (χ0n) is 18.1. The van der Waals surface area contributed by atoms with Crippen LogP contribution in [-0.4, -0.2) is 26.4 Å². The Bertz CT molecular complexity index is 1050. The van der Waals surface area contributed by atoms with Gasteiger partial charge in [-0.3, -0.25) is 4.79 Å². The van der Waals surface area contributed by atoms with Gasteiger partial charge >= 0.3 is 0 Å². The minimum Gasteiger partial charge on any atom is -0.349 e. The molecule has 1 aromatic heterocycles. The van der Waals surface area contributed by atoms with Crippen LogP contribution in [0.15, 0.2) is 60.3 Å². The van der Waals surface area contributed by atoms with Crippen molar-refractivity contribution < 1.29 is 4.79 Å². The van der Waals surface area contributed by atoms with Gasteiger partial charge in [-0.2, -0.15) is 0 Å². The molecule has 1 heterocycles. The zero-order chi connectivity index (χ0) is 21.6. The second kappa shape index (κ2) is 10.1. The molecule has 1 aliphatic carbocycles. The zero-order valence-corrected chi connectivity index (χ0v) is 18.9. The second-order valence-corrected chi connectivity index (χ2v) is 9.20. The van der Waals surface area contributed by atoms with Crippen LogP contribution in [0.25, 0.3) is 10.8 Å². The first-order chi connectivity index (χ1) is 15.2. The van der Waals surface area contributed by atoms with Crippen LogP contribution < -0.4 is 5.32 Å². The van der Waals surface area contributed by atoms with Crippen molar-refractivity contribution >= 4 is 28.4 Å². The summed E-state index contributed by atoms with van der Waals surface area (Å²) < 4.78 is 2.13. The summed E-state index contributed by atoms with van der Waals surface area (Å²) in [6.07, 6.45) is 8.03. The van der Waals surface area contributed by atoms with Gasteiger partial charge in [-0.25, -0.2) is 0 Å². The van der Waals surface area contributed by atoms with Crippen molar-refractivity contribution in [3.63, 3.8) is 0 Å². The first kappa shape index (κ1) is 21.6. The first-order valence-electron chi connectivity index (χ1n) is 11.1. The molecule has 3 aromatic rings. The molecule has 2 aromatic carbocycles. The number of amides is 1. The van der Waals surface area contributed by atoms with E-state index in [0.29, 0.717) is 18.2 Å². The van der Waals surface area contributed by atoms with E-state index < -0.39 is 0 Å². The minimum absolute atomic E-state index is 0.00183. The van der Waals surface area contributed by atoms with Crippen molar-refractivity contribution in [2.75, 3.05) is 5.75 Å². The number of fused-ring (bicyclic) bond motifs is 1. The summed E-state index contributed by atoms with van der Waals surface area (Å²) in [5.74, 6) is 1.83. The molecule has 1 fully saturated rings. The van der Waals surface area contributed by atoms with E-state index in [9.17, 15) is 4.79 Å². The Morgan fingerprint density at radius 3 is 2.74 bits per heavy atom. The van der Waals surface area contributed by atoms with Gasteiger partial charge in [0.15, 0.2) is 5.16 Å². The van der Waals surface area contributed by atoms with Crippen LogP contribution in [0.4, 0.5) is 0 Å². The average molecular weight is 435 g/mol. The summed E-state index contributed by atoms with van der Waals surface area (Å²) in [5.41, 5.74) is 1.10. The number of allylic oxidation sites excluding steroid dienone is 1. The summed E-state index contributed by atoms with van der Waals surface area (Å²) in [6.45, 7) is 6.59. The number of thioether (sulfide) groups is 1. The highest BCUT2D eigenvalue weighted by atomic mass is 32.2. The number of carbonyl (C=O) groups excluding carboxylic acids is 1. The maximum absolute atomic E-state index is 12.6. The maximum atomic E-state index is 12.6. The van der Waals surface area contributed by atoms with Crippen LogP contribution in [0.2, 0.25) is 0 Å². The lowest BCUT2D eigenvalue weighted by atomic mass is 9.89. The fraction of sp³-hybridized carbons (Fsp3) is 0.400. The molecular weight excluding hydrogens is 404 g/mol. The quantitative estimate of drug-likeness (QED) is 0.368. The Kier molecular flexibility index (Phi) is 7.07. The molecule has 1 amide bonds. The Morgan fingerprint density at radius 1 is 1.19 bits per heavy atom. The number of benzene rings is 2. The van der Waals surface area contributed by atoms with Crippen molar-refractivity contribution in [2.24, 2.45) is 0 Å². The summed E-state index contributed by atoms with van der Waals surface area (Å²) in [4.78, 5) is 12.6. The topological polar surface area (TPSA) is 59.8 Å². The average Bonchev–Trinajstić information content (AvgIpc) is 3.20. The number of hydrogen-bond donors (Lipinski definition) is 1. The molecule has 0 saturated heterocycles. The van der Waals surface area contributed by atoms with Crippen molar-refractivity contribution in [3.8, 4) is 0 Å². The van der Waals surface area contributed by atoms with Crippen molar-refractivity contribution in [2.45, 2.75) is 62.7 Å². The molecule has 1 aliphatic rings. The molecule has 1 N–H and O–H groups in total. The van der Waals surface area contributed by atoms with E-state index in [1.165, 1.54) is 54.6 Å². The van der Waals surface area contributed by atoms with E-state index in [0.717, 1.165) is 16.5 Å². The van der Waals surface area contributed by atoms with E-state index in [2.05, 4.69) is 57.0 Å². The minimum atomic E-state index is -0.0541. The number of nitrogens with zero attached hydrogens (tertiary/aromatic N) is 3. The van der Waals surface area contributed by atoms with Crippen LogP contribution in [0.1, 0.15) is 62.4 Å². The van der Waals surface area contributed by atoms with E-state index in [1.807, 2.05) is 25.1 Å². The number of nitrogens with one attached hydrogen (secondary N) is 1. The van der Waals surface area contributed by atoms with Gasteiger partial charge in [0.05, 0.1) is 11.8 Å². The lowest BCUT2D eigenvalue weighted by Gasteiger charge is -2.21. The molecule has 1 saturated carbocycles. The molecule has 6 heteroatoms. The maximum Gasteiger partial charge on any atom is 0.230 e. The van der Waals surface area contributed by atoms with Gasteiger partial charge in [0, 0.05) is 12.5 Å². The molecule has 0 aliphatic heterocycles. The summed E-state index contributed by atoms with van der Waals surface area (Å²) in [6, 6.07) is 14.5. The SMILES string of the molecule is C=CCn1c(SCC(=O)NC(C)c2ccc3ccccc3c2)nnc1C1CCCCC1. The van der Waals surface area contributed by atoms with Crippen LogP contribution in [0, 0.1) is 0 Å². The molecule has 0 spiro atoms. The monoisotopic (exact) mass is 434 g/mol. The highest BCUT2D eigenvalue weighted by Crippen LogP contribution is 2.33. The number of aromatic nitrogens is 3. The molecule has 1 unspecified atom stereocenters. The van der Waals surface area contributed by atoms with Crippen LogP contribution in [0.3, 0.4) is 0 Å². The van der Waals surface area contributed by atoms with Gasteiger partial charge in [0.2, 0.25) is 5.91 Å². The Morgan fingerprint density at radius 2 is 1.97 bits per heavy atom. The van der Waals surface area contributed by atoms with Gasteiger partial charge in [0.1, 0.15) is 5.82 Å². The number of rotatable bonds is 8. The Hall–Kier alpha value is -2.60. The highest BCUT2D eigenvalue weighted by Gasteiger charge is 2.23. The molecule has 31 heavy (non-hydrogen) atoms. The smallest absolute Gasteiger partial charge is 0.230 e. The fourth-order valence-electron chi connectivity index (χ4n) is 4.34. The molecule has 0 radical (unpaired) electrons. The van der Waals surface area contributed by atoms with Gasteiger partial charge < -0.3 is 9.88 Å². The standard InChI is InChI=1S/C25H30N4OS/c1-3-15-29-24(20-10-5-4-6-11-20)27-28-25(29)31-17-23(30)26-18(2)21-14-13-19-9-7-8-12-22(19)16-21/h3,7-9,12-14,16,18,20H,1,4-6,10-11,15,17H2,2H3,(H,26,30). The Labute approximate surface area is 188 Å². The normalized spacial score (nSPS) is 15.6. The third kappa shape index (κ3) is 5.18. The van der Waals surface area contributed by atoms with Gasteiger partial charge in [-0.15, -0.1) is 16.8 Å². The van der Waals surface area contributed by atoms with Crippen molar-refractivity contribution in [3.05, 3.63) is 66.5 Å². The molecular formula is C25H30N4OS. The predicted octanol–water partition coefficient (Wildman–Crippen LogP) is 5.63. The third-order valence-corrected chi connectivity index (χ3v) is 6.98. The van der Waals surface area contributed by atoms with E-state index in [1.54, 1.807) is 0 Å². The molecule has 0 bridgehead atoms. The van der Waals surface area contributed by atoms with E-state index in [4.69, 9.17) is 0 Å². The predicted molar refractivity (Wildman–Crippen MR) is 127 cm³/mol. The largest absolute Gasteiger partial charge is 0.349 e. The fourth-order valence-corrected chi connectivity index (χ4v) is 5.11. The summed E-state index contributed by atoms with van der Waals surface area (Å²) in [5, 5.41) is 15.2. The van der Waals surface area contributed by atoms with Gasteiger partial charge in [-0.1, -0.05) is 73.5 Å². The Balaban J connectivity index is 1.38. The van der Waals surface area contributed by atoms with Crippen molar-refractivity contribution in [1.82, 2.24) is 20.1 Å². The van der Waals surface area contributed by atoms with Crippen LogP contribution in [0.5, 0.6) is 0 Å². The lowest BCUT2D eigenvalue weighted by Crippen LogP contribution is -2.28. The van der Waals surface area contributed by atoms with Crippen molar-refractivity contribution in [1.29, 1.82) is 0 Å². The molecule has 4 rings (SSSR count). The lowest BCUT2D eigenvalue weighted by molar-refractivity contribution is -0.119. The summed E-state index contributed by atoms with van der Waals surface area (Å²) in [7, 11) is 0. The molecule has 162 valence electrons.